The second-order valence-corrected chi connectivity index (χ2v) is 6.87. The van der Waals surface area contributed by atoms with Crippen molar-refractivity contribution < 1.29 is 0 Å². The van der Waals surface area contributed by atoms with Crippen LogP contribution in [0.4, 0.5) is 0 Å². The number of aryl methyl sites for hydroxylation is 1. The van der Waals surface area contributed by atoms with E-state index in [1.165, 1.54) is 11.3 Å². The molecule has 24 heavy (non-hydrogen) atoms. The fraction of sp³-hybridized carbons (Fsp3) is 0.0556. The molecule has 4 rings (SSSR count). The van der Waals surface area contributed by atoms with Crippen molar-refractivity contribution in [3.63, 3.8) is 0 Å². The maximum atomic E-state index is 12.8. The molecule has 0 N–H and O–H groups in total. The van der Waals surface area contributed by atoms with E-state index in [0.29, 0.717) is 20.3 Å². The molecule has 6 heteroatoms. The van der Waals surface area contributed by atoms with Gasteiger partial charge in [0.2, 0.25) is 4.96 Å². The summed E-state index contributed by atoms with van der Waals surface area (Å²) in [4.78, 5) is 13.4. The Morgan fingerprint density at radius 1 is 1.08 bits per heavy atom. The quantitative estimate of drug-likeness (QED) is 0.555. The maximum Gasteiger partial charge on any atom is 0.276 e. The first-order chi connectivity index (χ1) is 11.6. The van der Waals surface area contributed by atoms with Crippen molar-refractivity contribution in [2.75, 3.05) is 0 Å². The zero-order valence-corrected chi connectivity index (χ0v) is 14.3. The fourth-order valence-electron chi connectivity index (χ4n) is 2.57. The Morgan fingerprint density at radius 3 is 2.58 bits per heavy atom. The minimum Gasteiger partial charge on any atom is -0.267 e. The fourth-order valence-corrected chi connectivity index (χ4v) is 3.61. The summed E-state index contributed by atoms with van der Waals surface area (Å²) in [6, 6.07) is 15.2. The summed E-state index contributed by atoms with van der Waals surface area (Å²) in [5.41, 5.74) is 2.79. The maximum absolute atomic E-state index is 12.8. The van der Waals surface area contributed by atoms with E-state index in [-0.39, 0.29) is 5.56 Å². The molecule has 2 heterocycles. The first-order valence-electron chi connectivity index (χ1n) is 7.35. The van der Waals surface area contributed by atoms with Gasteiger partial charge in [0, 0.05) is 10.6 Å². The topological polar surface area (TPSA) is 47.3 Å². The van der Waals surface area contributed by atoms with E-state index in [0.717, 1.165) is 16.7 Å². The van der Waals surface area contributed by atoms with E-state index < -0.39 is 0 Å². The molecule has 0 fully saturated rings. The van der Waals surface area contributed by atoms with Crippen LogP contribution in [0.1, 0.15) is 11.1 Å². The summed E-state index contributed by atoms with van der Waals surface area (Å²) >= 11 is 7.23. The second-order valence-electron chi connectivity index (χ2n) is 5.42. The number of rotatable bonds is 2. The molecule has 0 aliphatic rings. The van der Waals surface area contributed by atoms with E-state index in [4.69, 9.17) is 11.6 Å². The van der Waals surface area contributed by atoms with Gasteiger partial charge in [-0.15, -0.1) is 10.2 Å². The Morgan fingerprint density at radius 2 is 1.83 bits per heavy atom. The van der Waals surface area contributed by atoms with Crippen molar-refractivity contribution in [3.05, 3.63) is 79.6 Å². The Kier molecular flexibility index (Phi) is 3.67. The van der Waals surface area contributed by atoms with Gasteiger partial charge < -0.3 is 0 Å². The highest BCUT2D eigenvalue weighted by atomic mass is 35.5. The predicted octanol–water partition coefficient (Wildman–Crippen LogP) is 3.33. The van der Waals surface area contributed by atoms with Gasteiger partial charge in [-0.05, 0) is 36.3 Å². The van der Waals surface area contributed by atoms with Crippen LogP contribution in [-0.2, 0) is 0 Å². The second kappa shape index (κ2) is 5.85. The summed E-state index contributed by atoms with van der Waals surface area (Å²) in [6.07, 6.45) is 1.85. The molecule has 0 spiro atoms. The van der Waals surface area contributed by atoms with Crippen LogP contribution < -0.4 is 10.1 Å². The molecule has 4 aromatic rings. The Labute approximate surface area is 146 Å². The van der Waals surface area contributed by atoms with Crippen LogP contribution in [0.3, 0.4) is 0 Å². The SMILES string of the molecule is Cc1ccccc1-c1nnc2s/c(=C\c3ccc(Cl)cc3)c(=O)n12. The molecule has 2 aromatic heterocycles. The van der Waals surface area contributed by atoms with Gasteiger partial charge in [-0.25, -0.2) is 4.40 Å². The molecular weight excluding hydrogens is 342 g/mol. The van der Waals surface area contributed by atoms with Gasteiger partial charge in [0.15, 0.2) is 5.82 Å². The number of hydrogen-bond acceptors (Lipinski definition) is 4. The highest BCUT2D eigenvalue weighted by Crippen LogP contribution is 2.21. The zero-order valence-electron chi connectivity index (χ0n) is 12.7. The van der Waals surface area contributed by atoms with Gasteiger partial charge in [0.25, 0.3) is 5.56 Å². The molecule has 0 radical (unpaired) electrons. The predicted molar refractivity (Wildman–Crippen MR) is 97.5 cm³/mol. The van der Waals surface area contributed by atoms with Crippen molar-refractivity contribution in [1.29, 1.82) is 0 Å². The van der Waals surface area contributed by atoms with Crippen molar-refractivity contribution in [2.45, 2.75) is 6.92 Å². The lowest BCUT2D eigenvalue weighted by molar-refractivity contribution is 1.09. The number of fused-ring (bicyclic) bond motifs is 1. The smallest absolute Gasteiger partial charge is 0.267 e. The van der Waals surface area contributed by atoms with Gasteiger partial charge in [0.1, 0.15) is 0 Å². The third-order valence-electron chi connectivity index (χ3n) is 3.80. The van der Waals surface area contributed by atoms with Crippen molar-refractivity contribution in [2.24, 2.45) is 0 Å². The Hall–Kier alpha value is -2.50. The van der Waals surface area contributed by atoms with Crippen LogP contribution in [0.2, 0.25) is 5.02 Å². The van der Waals surface area contributed by atoms with Crippen LogP contribution in [0.5, 0.6) is 0 Å². The highest BCUT2D eigenvalue weighted by molar-refractivity contribution is 7.15. The van der Waals surface area contributed by atoms with Crippen LogP contribution in [0, 0.1) is 6.92 Å². The third kappa shape index (κ3) is 2.52. The van der Waals surface area contributed by atoms with Crippen LogP contribution >= 0.6 is 22.9 Å². The molecule has 0 aliphatic carbocycles. The minimum absolute atomic E-state index is 0.104. The Bertz CT molecular complexity index is 1150. The third-order valence-corrected chi connectivity index (χ3v) is 5.01. The van der Waals surface area contributed by atoms with Gasteiger partial charge in [-0.2, -0.15) is 0 Å². The van der Waals surface area contributed by atoms with Gasteiger partial charge in [-0.1, -0.05) is 59.3 Å². The lowest BCUT2D eigenvalue weighted by Gasteiger charge is -2.00. The summed E-state index contributed by atoms with van der Waals surface area (Å²) < 4.78 is 2.20. The van der Waals surface area contributed by atoms with E-state index in [2.05, 4.69) is 10.2 Å². The Balaban J connectivity index is 1.93. The van der Waals surface area contributed by atoms with Gasteiger partial charge >= 0.3 is 0 Å². The molecule has 0 unspecified atom stereocenters. The van der Waals surface area contributed by atoms with Gasteiger partial charge in [0.05, 0.1) is 4.53 Å². The minimum atomic E-state index is -0.104. The standard InChI is InChI=1S/C18H12ClN3OS/c1-11-4-2-3-5-14(11)16-20-21-18-22(16)17(23)15(24-18)10-12-6-8-13(19)9-7-12/h2-10H,1H3/b15-10-. The molecule has 0 bridgehead atoms. The van der Waals surface area contributed by atoms with Gasteiger partial charge in [-0.3, -0.25) is 4.79 Å². The molecular formula is C18H12ClN3OS. The lowest BCUT2D eigenvalue weighted by Crippen LogP contribution is -2.23. The van der Waals surface area contributed by atoms with E-state index in [1.807, 2.05) is 49.4 Å². The largest absolute Gasteiger partial charge is 0.276 e. The molecule has 0 amide bonds. The molecule has 0 saturated heterocycles. The molecule has 0 saturated carbocycles. The monoisotopic (exact) mass is 353 g/mol. The molecule has 0 atom stereocenters. The van der Waals surface area contributed by atoms with Crippen molar-refractivity contribution >= 4 is 34.0 Å². The van der Waals surface area contributed by atoms with Crippen molar-refractivity contribution in [3.8, 4) is 11.4 Å². The average Bonchev–Trinajstić information content (AvgIpc) is 3.11. The van der Waals surface area contributed by atoms with Crippen molar-refractivity contribution in [1.82, 2.24) is 14.6 Å². The highest BCUT2D eigenvalue weighted by Gasteiger charge is 2.15. The van der Waals surface area contributed by atoms with Crippen LogP contribution in [0.25, 0.3) is 22.4 Å². The summed E-state index contributed by atoms with van der Waals surface area (Å²) in [5, 5.41) is 9.03. The number of aromatic nitrogens is 3. The summed E-state index contributed by atoms with van der Waals surface area (Å²) in [6.45, 7) is 1.99. The van der Waals surface area contributed by atoms with Crippen LogP contribution in [-0.4, -0.2) is 14.6 Å². The number of hydrogen-bond donors (Lipinski definition) is 0. The molecule has 118 valence electrons. The summed E-state index contributed by atoms with van der Waals surface area (Å²) in [7, 11) is 0. The lowest BCUT2D eigenvalue weighted by atomic mass is 10.1. The van der Waals surface area contributed by atoms with E-state index >= 15 is 0 Å². The number of nitrogens with zero attached hydrogens (tertiary/aromatic N) is 3. The first kappa shape index (κ1) is 15.1. The number of halogens is 1. The molecule has 0 aliphatic heterocycles. The first-order valence-corrected chi connectivity index (χ1v) is 8.54. The molecule has 2 aromatic carbocycles. The average molecular weight is 354 g/mol. The normalized spacial score (nSPS) is 12.2. The number of benzene rings is 2. The van der Waals surface area contributed by atoms with E-state index in [9.17, 15) is 4.79 Å². The zero-order chi connectivity index (χ0) is 16.7. The molecule has 4 nitrogen and oxygen atoms in total. The van der Waals surface area contributed by atoms with E-state index in [1.54, 1.807) is 16.5 Å². The summed E-state index contributed by atoms with van der Waals surface area (Å²) in [5.74, 6) is 0.583. The number of thiazole rings is 1. The van der Waals surface area contributed by atoms with Crippen LogP contribution in [0.15, 0.2) is 53.3 Å².